The highest BCUT2D eigenvalue weighted by atomic mass is 16.4. The van der Waals surface area contributed by atoms with E-state index in [1.807, 2.05) is 0 Å². The molecule has 7 nitrogen and oxygen atoms in total. The Balaban J connectivity index is 2.35. The van der Waals surface area contributed by atoms with Gasteiger partial charge >= 0.3 is 17.9 Å². The van der Waals surface area contributed by atoms with Crippen molar-refractivity contribution in [2.24, 2.45) is 5.73 Å². The van der Waals surface area contributed by atoms with Crippen LogP contribution in [0.25, 0.3) is 11.1 Å². The molecule has 0 heterocycles. The highest BCUT2D eigenvalue weighted by Crippen LogP contribution is 2.24. The molecule has 1 unspecified atom stereocenters. The summed E-state index contributed by atoms with van der Waals surface area (Å²) in [5, 5.41) is 27.1. The molecule has 0 amide bonds. The number of hydrogen-bond donors (Lipinski definition) is 4. The molecule has 0 spiro atoms. The number of carboxylic acids is 3. The number of rotatable bonds is 7. The van der Waals surface area contributed by atoms with Crippen LogP contribution in [0.5, 0.6) is 0 Å². The van der Waals surface area contributed by atoms with Crippen LogP contribution in [-0.2, 0) is 11.2 Å². The quantitative estimate of drug-likeness (QED) is 0.604. The lowest BCUT2D eigenvalue weighted by molar-refractivity contribution is -0.138. The monoisotopic (exact) mass is 343 g/mol. The van der Waals surface area contributed by atoms with Gasteiger partial charge in [-0.25, -0.2) is 9.59 Å². The Kier molecular flexibility index (Phi) is 5.51. The molecule has 0 radical (unpaired) electrons. The summed E-state index contributed by atoms with van der Waals surface area (Å²) in [5.74, 6) is -3.50. The summed E-state index contributed by atoms with van der Waals surface area (Å²) in [6.45, 7) is 0. The van der Waals surface area contributed by atoms with Crippen LogP contribution in [0, 0.1) is 0 Å². The lowest BCUT2D eigenvalue weighted by Crippen LogP contribution is -2.30. The molecule has 0 aliphatic rings. The highest BCUT2D eigenvalue weighted by molar-refractivity contribution is 5.96. The Morgan fingerprint density at radius 3 is 2.00 bits per heavy atom. The zero-order valence-electron chi connectivity index (χ0n) is 13.2. The van der Waals surface area contributed by atoms with E-state index in [0.29, 0.717) is 17.5 Å². The molecule has 1 atom stereocenters. The van der Waals surface area contributed by atoms with Crippen molar-refractivity contribution in [3.8, 4) is 11.1 Å². The molecular weight excluding hydrogens is 326 g/mol. The molecular formula is C18H17NO6. The maximum absolute atomic E-state index is 11.2. The van der Waals surface area contributed by atoms with Crippen LogP contribution in [0.4, 0.5) is 0 Å². The summed E-state index contributed by atoms with van der Waals surface area (Å²) in [7, 11) is 0. The third-order valence-corrected chi connectivity index (χ3v) is 3.75. The number of aryl methyl sites for hydroxylation is 1. The number of nitrogens with two attached hydrogens (primary N) is 1. The van der Waals surface area contributed by atoms with Crippen LogP contribution in [-0.4, -0.2) is 39.3 Å². The topological polar surface area (TPSA) is 138 Å². The predicted octanol–water partition coefficient (Wildman–Crippen LogP) is 2.09. The standard InChI is InChI=1S/C18H17NO6/c19-15(18(24)25)5-4-10-2-1-3-11(6-10)12-7-13(16(20)21)9-14(8-12)17(22)23/h1-3,6-9,15H,4-5,19H2,(H,20,21)(H,22,23)(H,24,25). The molecule has 0 saturated heterocycles. The maximum Gasteiger partial charge on any atom is 0.335 e. The first-order valence-electron chi connectivity index (χ1n) is 7.47. The lowest BCUT2D eigenvalue weighted by Gasteiger charge is -2.09. The number of aliphatic carboxylic acids is 1. The summed E-state index contributed by atoms with van der Waals surface area (Å²) >= 11 is 0. The van der Waals surface area contributed by atoms with Crippen LogP contribution in [0.1, 0.15) is 32.7 Å². The molecule has 5 N–H and O–H groups in total. The van der Waals surface area contributed by atoms with Crippen molar-refractivity contribution in [1.82, 2.24) is 0 Å². The molecule has 0 aliphatic heterocycles. The van der Waals surface area contributed by atoms with E-state index >= 15 is 0 Å². The summed E-state index contributed by atoms with van der Waals surface area (Å²) < 4.78 is 0. The highest BCUT2D eigenvalue weighted by Gasteiger charge is 2.14. The Hall–Kier alpha value is -3.19. The molecule has 2 rings (SSSR count). The van der Waals surface area contributed by atoms with E-state index in [1.165, 1.54) is 12.1 Å². The van der Waals surface area contributed by atoms with Crippen molar-refractivity contribution in [3.63, 3.8) is 0 Å². The van der Waals surface area contributed by atoms with Crippen LogP contribution >= 0.6 is 0 Å². The van der Waals surface area contributed by atoms with Crippen molar-refractivity contribution in [2.45, 2.75) is 18.9 Å². The van der Waals surface area contributed by atoms with Gasteiger partial charge in [0, 0.05) is 0 Å². The van der Waals surface area contributed by atoms with Gasteiger partial charge in [0.15, 0.2) is 0 Å². The molecule has 0 saturated carbocycles. The third kappa shape index (κ3) is 4.65. The second-order valence-corrected chi connectivity index (χ2v) is 5.59. The maximum atomic E-state index is 11.2. The number of benzene rings is 2. The molecule has 2 aromatic carbocycles. The first kappa shape index (κ1) is 18.2. The normalized spacial score (nSPS) is 11.7. The molecule has 25 heavy (non-hydrogen) atoms. The minimum atomic E-state index is -1.21. The largest absolute Gasteiger partial charge is 0.480 e. The second kappa shape index (κ2) is 7.59. The predicted molar refractivity (Wildman–Crippen MR) is 89.7 cm³/mol. The van der Waals surface area contributed by atoms with Gasteiger partial charge in [0.05, 0.1) is 11.1 Å². The van der Waals surface area contributed by atoms with Gasteiger partial charge in [0.25, 0.3) is 0 Å². The fourth-order valence-corrected chi connectivity index (χ4v) is 2.39. The van der Waals surface area contributed by atoms with E-state index in [1.54, 1.807) is 24.3 Å². The summed E-state index contributed by atoms with van der Waals surface area (Å²) in [5.41, 5.74) is 7.19. The average molecular weight is 343 g/mol. The van der Waals surface area contributed by atoms with Gasteiger partial charge in [-0.05, 0) is 47.7 Å². The summed E-state index contributed by atoms with van der Waals surface area (Å²) in [6, 6.07) is 9.98. The molecule has 7 heteroatoms. The molecule has 0 aromatic heterocycles. The molecule has 0 bridgehead atoms. The minimum absolute atomic E-state index is 0.117. The van der Waals surface area contributed by atoms with Gasteiger partial charge in [-0.3, -0.25) is 4.79 Å². The van der Waals surface area contributed by atoms with Gasteiger partial charge in [0.1, 0.15) is 6.04 Å². The summed E-state index contributed by atoms with van der Waals surface area (Å²) in [6.07, 6.45) is 0.694. The number of carbonyl (C=O) groups is 3. The van der Waals surface area contributed by atoms with Crippen molar-refractivity contribution in [1.29, 1.82) is 0 Å². The number of carboxylic acid groups (broad SMARTS) is 3. The fourth-order valence-electron chi connectivity index (χ4n) is 2.39. The van der Waals surface area contributed by atoms with Gasteiger partial charge < -0.3 is 21.1 Å². The van der Waals surface area contributed by atoms with Crippen molar-refractivity contribution in [3.05, 3.63) is 59.2 Å². The Morgan fingerprint density at radius 1 is 0.880 bits per heavy atom. The second-order valence-electron chi connectivity index (χ2n) is 5.59. The van der Waals surface area contributed by atoms with Crippen LogP contribution in [0.3, 0.4) is 0 Å². The van der Waals surface area contributed by atoms with Gasteiger partial charge in [-0.2, -0.15) is 0 Å². The lowest BCUT2D eigenvalue weighted by atomic mass is 9.96. The first-order chi connectivity index (χ1) is 11.8. The van der Waals surface area contributed by atoms with E-state index in [4.69, 9.17) is 21.1 Å². The zero-order chi connectivity index (χ0) is 18.6. The van der Waals surface area contributed by atoms with E-state index in [9.17, 15) is 14.4 Å². The van der Waals surface area contributed by atoms with E-state index in [-0.39, 0.29) is 17.5 Å². The Morgan fingerprint density at radius 2 is 1.48 bits per heavy atom. The first-order valence-corrected chi connectivity index (χ1v) is 7.47. The van der Waals surface area contributed by atoms with Crippen molar-refractivity contribution < 1.29 is 29.7 Å². The molecule has 130 valence electrons. The van der Waals surface area contributed by atoms with Gasteiger partial charge in [-0.15, -0.1) is 0 Å². The number of aromatic carboxylic acids is 2. The smallest absolute Gasteiger partial charge is 0.335 e. The molecule has 0 aliphatic carbocycles. The fraction of sp³-hybridized carbons (Fsp3) is 0.167. The van der Waals surface area contributed by atoms with Crippen molar-refractivity contribution >= 4 is 17.9 Å². The van der Waals surface area contributed by atoms with E-state index in [2.05, 4.69) is 0 Å². The van der Waals surface area contributed by atoms with E-state index in [0.717, 1.165) is 11.6 Å². The van der Waals surface area contributed by atoms with Crippen molar-refractivity contribution in [2.75, 3.05) is 0 Å². The van der Waals surface area contributed by atoms with Gasteiger partial charge in [0.2, 0.25) is 0 Å². The van der Waals surface area contributed by atoms with Crippen LogP contribution in [0.2, 0.25) is 0 Å². The van der Waals surface area contributed by atoms with Gasteiger partial charge in [-0.1, -0.05) is 24.3 Å². The Labute approximate surface area is 143 Å². The average Bonchev–Trinajstić information content (AvgIpc) is 2.59. The Bertz CT molecular complexity index is 798. The van der Waals surface area contributed by atoms with Crippen LogP contribution in [0.15, 0.2) is 42.5 Å². The van der Waals surface area contributed by atoms with Crippen LogP contribution < -0.4 is 5.73 Å². The SMILES string of the molecule is NC(CCc1cccc(-c2cc(C(=O)O)cc(C(=O)O)c2)c1)C(=O)O. The minimum Gasteiger partial charge on any atom is -0.480 e. The summed E-state index contributed by atoms with van der Waals surface area (Å²) in [4.78, 5) is 33.2. The molecule has 0 fully saturated rings. The third-order valence-electron chi connectivity index (χ3n) is 3.75. The van der Waals surface area contributed by atoms with E-state index < -0.39 is 23.9 Å². The zero-order valence-corrected chi connectivity index (χ0v) is 13.2. The number of hydrogen-bond acceptors (Lipinski definition) is 4. The molecule has 2 aromatic rings.